The summed E-state index contributed by atoms with van der Waals surface area (Å²) in [6.07, 6.45) is 0. The van der Waals surface area contributed by atoms with Crippen LogP contribution in [0.5, 0.6) is 5.75 Å². The first-order valence-electron chi connectivity index (χ1n) is 7.47. The number of methoxy groups -OCH3 is 1. The van der Waals surface area contributed by atoms with Crippen molar-refractivity contribution in [2.24, 2.45) is 0 Å². The van der Waals surface area contributed by atoms with Gasteiger partial charge in [0.05, 0.1) is 13.7 Å². The molecule has 0 saturated carbocycles. The lowest BCUT2D eigenvalue weighted by Gasteiger charge is -2.04. The van der Waals surface area contributed by atoms with Crippen LogP contribution in [-0.4, -0.2) is 23.2 Å². The number of nitrogens with zero attached hydrogens (tertiary/aromatic N) is 2. The fourth-order valence-electron chi connectivity index (χ4n) is 2.16. The summed E-state index contributed by atoms with van der Waals surface area (Å²) >= 11 is 0. The molecule has 0 saturated heterocycles. The van der Waals surface area contributed by atoms with Gasteiger partial charge in [-0.25, -0.2) is 0 Å². The number of benzene rings is 2. The highest BCUT2D eigenvalue weighted by Gasteiger charge is 2.11. The third kappa shape index (κ3) is 3.60. The molecule has 3 aromatic rings. The number of aryl methyl sites for hydroxylation is 1. The van der Waals surface area contributed by atoms with Crippen LogP contribution in [-0.2, 0) is 6.54 Å². The molecule has 2 aromatic carbocycles. The number of aromatic nitrogens is 2. The minimum atomic E-state index is -0.232. The highest BCUT2D eigenvalue weighted by atomic mass is 16.5. The van der Waals surface area contributed by atoms with Gasteiger partial charge in [-0.3, -0.25) is 4.79 Å². The molecule has 1 amide bonds. The van der Waals surface area contributed by atoms with Crippen molar-refractivity contribution in [2.45, 2.75) is 13.5 Å². The van der Waals surface area contributed by atoms with E-state index in [4.69, 9.17) is 9.15 Å². The quantitative estimate of drug-likeness (QED) is 0.781. The maximum Gasteiger partial charge on any atom is 0.251 e. The van der Waals surface area contributed by atoms with E-state index < -0.39 is 0 Å². The zero-order chi connectivity index (χ0) is 16.9. The minimum absolute atomic E-state index is 0.162. The number of hydrogen-bond acceptors (Lipinski definition) is 5. The maximum absolute atomic E-state index is 12.1. The Bertz CT molecular complexity index is 841. The molecular formula is C18H17N3O3. The number of nitrogens with one attached hydrogen (secondary N) is 1. The van der Waals surface area contributed by atoms with Crippen molar-refractivity contribution in [3.05, 3.63) is 65.5 Å². The molecule has 1 heterocycles. The van der Waals surface area contributed by atoms with Crippen LogP contribution in [0.15, 0.2) is 52.9 Å². The molecule has 122 valence electrons. The van der Waals surface area contributed by atoms with Gasteiger partial charge in [0.15, 0.2) is 0 Å². The molecule has 0 aliphatic rings. The van der Waals surface area contributed by atoms with E-state index in [9.17, 15) is 4.79 Å². The second-order valence-electron chi connectivity index (χ2n) is 5.28. The molecule has 24 heavy (non-hydrogen) atoms. The second kappa shape index (κ2) is 6.95. The molecule has 0 atom stereocenters. The van der Waals surface area contributed by atoms with Crippen molar-refractivity contribution in [1.82, 2.24) is 15.5 Å². The predicted molar refractivity (Wildman–Crippen MR) is 88.6 cm³/mol. The van der Waals surface area contributed by atoms with Crippen LogP contribution in [0.3, 0.4) is 0 Å². The standard InChI is InChI=1S/C18H17N3O3/c1-12-6-8-13(9-7-12)18-21-20-16(24-18)11-19-17(22)14-4-3-5-15(10-14)23-2/h3-10H,11H2,1-2H3,(H,19,22). The van der Waals surface area contributed by atoms with E-state index in [2.05, 4.69) is 15.5 Å². The number of ether oxygens (including phenoxy) is 1. The van der Waals surface area contributed by atoms with E-state index in [1.54, 1.807) is 31.4 Å². The smallest absolute Gasteiger partial charge is 0.251 e. The lowest BCUT2D eigenvalue weighted by atomic mass is 10.1. The molecule has 6 nitrogen and oxygen atoms in total. The summed E-state index contributed by atoms with van der Waals surface area (Å²) < 4.78 is 10.7. The van der Waals surface area contributed by atoms with Crippen LogP contribution in [0.1, 0.15) is 21.8 Å². The number of amides is 1. The largest absolute Gasteiger partial charge is 0.497 e. The fraction of sp³-hybridized carbons (Fsp3) is 0.167. The van der Waals surface area contributed by atoms with Gasteiger partial charge in [-0.05, 0) is 37.3 Å². The van der Waals surface area contributed by atoms with Gasteiger partial charge >= 0.3 is 0 Å². The Balaban J connectivity index is 1.64. The second-order valence-corrected chi connectivity index (χ2v) is 5.28. The summed E-state index contributed by atoms with van der Waals surface area (Å²) in [4.78, 5) is 12.1. The third-order valence-corrected chi connectivity index (χ3v) is 3.50. The number of carbonyl (C=O) groups excluding carboxylic acids is 1. The summed E-state index contributed by atoms with van der Waals surface area (Å²) in [5.41, 5.74) is 2.51. The summed E-state index contributed by atoms with van der Waals surface area (Å²) in [5, 5.41) is 10.7. The molecule has 0 unspecified atom stereocenters. The Hall–Kier alpha value is -3.15. The van der Waals surface area contributed by atoms with Crippen molar-refractivity contribution in [3.63, 3.8) is 0 Å². The fourth-order valence-corrected chi connectivity index (χ4v) is 2.16. The van der Waals surface area contributed by atoms with Crippen molar-refractivity contribution >= 4 is 5.91 Å². The van der Waals surface area contributed by atoms with Gasteiger partial charge in [0.2, 0.25) is 11.8 Å². The van der Waals surface area contributed by atoms with Crippen molar-refractivity contribution < 1.29 is 13.9 Å². The summed E-state index contributed by atoms with van der Waals surface area (Å²) in [5.74, 6) is 1.17. The van der Waals surface area contributed by atoms with Crippen LogP contribution in [0.25, 0.3) is 11.5 Å². The van der Waals surface area contributed by atoms with E-state index in [1.165, 1.54) is 0 Å². The molecule has 6 heteroatoms. The molecule has 0 aliphatic carbocycles. The van der Waals surface area contributed by atoms with Crippen LogP contribution >= 0.6 is 0 Å². The van der Waals surface area contributed by atoms with Crippen LogP contribution < -0.4 is 10.1 Å². The van der Waals surface area contributed by atoms with Gasteiger partial charge in [0.1, 0.15) is 5.75 Å². The Morgan fingerprint density at radius 1 is 1.17 bits per heavy atom. The lowest BCUT2D eigenvalue weighted by Crippen LogP contribution is -2.22. The molecule has 0 radical (unpaired) electrons. The summed E-state index contributed by atoms with van der Waals surface area (Å²) in [6.45, 7) is 2.17. The normalized spacial score (nSPS) is 10.4. The Morgan fingerprint density at radius 2 is 1.96 bits per heavy atom. The molecule has 0 spiro atoms. The predicted octanol–water partition coefficient (Wildman–Crippen LogP) is 2.98. The first kappa shape index (κ1) is 15.7. The summed E-state index contributed by atoms with van der Waals surface area (Å²) in [6, 6.07) is 14.7. The van der Waals surface area contributed by atoms with E-state index in [0.29, 0.717) is 23.1 Å². The molecular weight excluding hydrogens is 306 g/mol. The zero-order valence-electron chi connectivity index (χ0n) is 13.4. The zero-order valence-corrected chi connectivity index (χ0v) is 13.4. The van der Waals surface area contributed by atoms with E-state index >= 15 is 0 Å². The SMILES string of the molecule is COc1cccc(C(=O)NCc2nnc(-c3ccc(C)cc3)o2)c1. The first-order valence-corrected chi connectivity index (χ1v) is 7.47. The van der Waals surface area contributed by atoms with Crippen molar-refractivity contribution in [2.75, 3.05) is 7.11 Å². The topological polar surface area (TPSA) is 77.2 Å². The van der Waals surface area contributed by atoms with Gasteiger partial charge in [0.25, 0.3) is 5.91 Å². The highest BCUT2D eigenvalue weighted by Crippen LogP contribution is 2.18. The lowest BCUT2D eigenvalue weighted by molar-refractivity contribution is 0.0947. The average Bonchev–Trinajstić information content (AvgIpc) is 3.09. The molecule has 1 N–H and O–H groups in total. The monoisotopic (exact) mass is 323 g/mol. The van der Waals surface area contributed by atoms with Crippen LogP contribution in [0.2, 0.25) is 0 Å². The van der Waals surface area contributed by atoms with Gasteiger partial charge in [-0.2, -0.15) is 0 Å². The summed E-state index contributed by atoms with van der Waals surface area (Å²) in [7, 11) is 1.56. The van der Waals surface area contributed by atoms with Crippen molar-refractivity contribution in [3.8, 4) is 17.2 Å². The van der Waals surface area contributed by atoms with Gasteiger partial charge in [-0.1, -0.05) is 23.8 Å². The van der Waals surface area contributed by atoms with Gasteiger partial charge in [0, 0.05) is 11.1 Å². The Kier molecular flexibility index (Phi) is 4.56. The molecule has 0 fully saturated rings. The average molecular weight is 323 g/mol. The number of rotatable bonds is 5. The number of carbonyl (C=O) groups is 1. The van der Waals surface area contributed by atoms with Crippen LogP contribution in [0, 0.1) is 6.92 Å². The molecule has 3 rings (SSSR count). The minimum Gasteiger partial charge on any atom is -0.497 e. The van der Waals surface area contributed by atoms with Crippen LogP contribution in [0.4, 0.5) is 0 Å². The molecule has 1 aromatic heterocycles. The highest BCUT2D eigenvalue weighted by molar-refractivity contribution is 5.94. The van der Waals surface area contributed by atoms with Gasteiger partial charge in [-0.15, -0.1) is 10.2 Å². The molecule has 0 aliphatic heterocycles. The molecule has 0 bridgehead atoms. The van der Waals surface area contributed by atoms with Gasteiger partial charge < -0.3 is 14.5 Å². The van der Waals surface area contributed by atoms with Crippen molar-refractivity contribution in [1.29, 1.82) is 0 Å². The first-order chi connectivity index (χ1) is 11.7. The van der Waals surface area contributed by atoms with E-state index in [1.807, 2.05) is 31.2 Å². The number of hydrogen-bond donors (Lipinski definition) is 1. The maximum atomic E-state index is 12.1. The Labute approximate surface area is 139 Å². The Morgan fingerprint density at radius 3 is 2.71 bits per heavy atom. The van der Waals surface area contributed by atoms with E-state index in [0.717, 1.165) is 11.1 Å². The van der Waals surface area contributed by atoms with E-state index in [-0.39, 0.29) is 12.5 Å². The third-order valence-electron chi connectivity index (χ3n) is 3.50.